The number of urea groups is 1. The van der Waals surface area contributed by atoms with Crippen molar-refractivity contribution in [3.05, 3.63) is 47.9 Å². The maximum absolute atomic E-state index is 12.2. The highest BCUT2D eigenvalue weighted by molar-refractivity contribution is 5.89. The number of carbonyl (C=O) groups is 1. The molecule has 1 aliphatic rings. The van der Waals surface area contributed by atoms with Crippen molar-refractivity contribution in [1.29, 1.82) is 0 Å². The largest absolute Gasteiger partial charge is 0.360 e. The van der Waals surface area contributed by atoms with E-state index in [1.807, 2.05) is 50.5 Å². The van der Waals surface area contributed by atoms with Gasteiger partial charge in [0.05, 0.1) is 12.2 Å². The Kier molecular flexibility index (Phi) is 5.32. The third kappa shape index (κ3) is 4.25. The second-order valence-electron chi connectivity index (χ2n) is 8.00. The van der Waals surface area contributed by atoms with Gasteiger partial charge in [0.25, 0.3) is 0 Å². The highest BCUT2D eigenvalue weighted by Gasteiger charge is 2.48. The van der Waals surface area contributed by atoms with Gasteiger partial charge in [0.2, 0.25) is 0 Å². The van der Waals surface area contributed by atoms with E-state index in [0.717, 1.165) is 36.5 Å². The van der Waals surface area contributed by atoms with Gasteiger partial charge >= 0.3 is 6.03 Å². The van der Waals surface area contributed by atoms with Crippen LogP contribution in [0.5, 0.6) is 0 Å². The molecule has 140 valence electrons. The molecule has 6 heteroatoms. The second kappa shape index (κ2) is 7.50. The first kappa shape index (κ1) is 18.5. The van der Waals surface area contributed by atoms with Gasteiger partial charge in [-0.2, -0.15) is 0 Å². The second-order valence-corrected chi connectivity index (χ2v) is 8.00. The Bertz CT molecular complexity index is 739. The van der Waals surface area contributed by atoms with E-state index in [1.54, 1.807) is 0 Å². The molecule has 0 bridgehead atoms. The number of aromatic nitrogens is 1. The van der Waals surface area contributed by atoms with Gasteiger partial charge in [0.1, 0.15) is 0 Å². The average molecular weight is 356 g/mol. The number of hydrogen-bond acceptors (Lipinski definition) is 4. The van der Waals surface area contributed by atoms with Crippen LogP contribution in [-0.2, 0) is 13.0 Å². The minimum absolute atomic E-state index is 0.0225. The van der Waals surface area contributed by atoms with Crippen LogP contribution in [-0.4, -0.2) is 36.2 Å². The molecule has 2 aromatic rings. The van der Waals surface area contributed by atoms with Gasteiger partial charge in [0, 0.05) is 17.8 Å². The molecule has 1 heterocycles. The summed E-state index contributed by atoms with van der Waals surface area (Å²) in [4.78, 5) is 14.3. The van der Waals surface area contributed by atoms with Crippen LogP contribution in [0.2, 0.25) is 0 Å². The van der Waals surface area contributed by atoms with E-state index in [-0.39, 0.29) is 17.5 Å². The van der Waals surface area contributed by atoms with E-state index in [1.165, 1.54) is 0 Å². The third-order valence-corrected chi connectivity index (χ3v) is 5.34. The highest BCUT2D eigenvalue weighted by Crippen LogP contribution is 2.47. The van der Waals surface area contributed by atoms with Crippen LogP contribution < -0.4 is 10.6 Å². The summed E-state index contributed by atoms with van der Waals surface area (Å²) in [5, 5.41) is 10.2. The molecular formula is C20H28N4O2. The normalized spacial score (nSPS) is 21.3. The summed E-state index contributed by atoms with van der Waals surface area (Å²) in [6.45, 7) is 5.16. The molecule has 1 aliphatic carbocycles. The molecule has 6 nitrogen and oxygen atoms in total. The molecule has 26 heavy (non-hydrogen) atoms. The molecule has 1 aromatic heterocycles. The lowest BCUT2D eigenvalue weighted by atomic mass is 9.57. The van der Waals surface area contributed by atoms with E-state index in [9.17, 15) is 4.79 Å². The Morgan fingerprint density at radius 1 is 1.31 bits per heavy atom. The number of benzene rings is 1. The predicted octanol–water partition coefficient (Wildman–Crippen LogP) is 3.52. The minimum atomic E-state index is -0.151. The van der Waals surface area contributed by atoms with Gasteiger partial charge in [-0.3, -0.25) is 0 Å². The molecular weight excluding hydrogens is 328 g/mol. The Morgan fingerprint density at radius 3 is 2.69 bits per heavy atom. The molecule has 0 unspecified atom stereocenters. The van der Waals surface area contributed by atoms with Gasteiger partial charge in [0.15, 0.2) is 5.76 Å². The lowest BCUT2D eigenvalue weighted by Gasteiger charge is -2.52. The van der Waals surface area contributed by atoms with E-state index in [2.05, 4.69) is 34.5 Å². The Labute approximate surface area is 154 Å². The van der Waals surface area contributed by atoms with Crippen molar-refractivity contribution >= 4 is 11.7 Å². The molecule has 2 N–H and O–H groups in total. The molecule has 0 saturated heterocycles. The van der Waals surface area contributed by atoms with Crippen LogP contribution in [0, 0.1) is 11.3 Å². The number of rotatable bonds is 6. The van der Waals surface area contributed by atoms with Crippen molar-refractivity contribution in [1.82, 2.24) is 15.4 Å². The number of para-hydroxylation sites is 1. The molecule has 1 fully saturated rings. The summed E-state index contributed by atoms with van der Waals surface area (Å²) in [6.07, 6.45) is 1.83. The van der Waals surface area contributed by atoms with Crippen molar-refractivity contribution in [3.8, 4) is 0 Å². The first-order valence-electron chi connectivity index (χ1n) is 9.06. The van der Waals surface area contributed by atoms with E-state index in [0.29, 0.717) is 5.92 Å². The van der Waals surface area contributed by atoms with Gasteiger partial charge in [-0.15, -0.1) is 0 Å². The predicted molar refractivity (Wildman–Crippen MR) is 102 cm³/mol. The van der Waals surface area contributed by atoms with Gasteiger partial charge in [-0.25, -0.2) is 4.79 Å². The summed E-state index contributed by atoms with van der Waals surface area (Å²) >= 11 is 0. The summed E-state index contributed by atoms with van der Waals surface area (Å²) in [7, 11) is 4.02. The van der Waals surface area contributed by atoms with Crippen molar-refractivity contribution in [2.75, 3.05) is 19.4 Å². The zero-order valence-electron chi connectivity index (χ0n) is 16.0. The van der Waals surface area contributed by atoms with Crippen LogP contribution >= 0.6 is 0 Å². The van der Waals surface area contributed by atoms with Gasteiger partial charge in [-0.05, 0) is 50.4 Å². The lowest BCUT2D eigenvalue weighted by molar-refractivity contribution is 0.0211. The maximum atomic E-state index is 12.2. The number of hydrogen-bond donors (Lipinski definition) is 2. The van der Waals surface area contributed by atoms with Crippen LogP contribution in [0.3, 0.4) is 0 Å². The first-order chi connectivity index (χ1) is 12.3. The first-order valence-corrected chi connectivity index (χ1v) is 9.06. The van der Waals surface area contributed by atoms with Crippen LogP contribution in [0.25, 0.3) is 0 Å². The molecule has 0 aliphatic heterocycles. The molecule has 2 atom stereocenters. The van der Waals surface area contributed by atoms with E-state index >= 15 is 0 Å². The molecule has 2 amide bonds. The molecule has 0 radical (unpaired) electrons. The summed E-state index contributed by atoms with van der Waals surface area (Å²) in [6, 6.07) is 11.5. The SMILES string of the molecule is CN(C)Cc1cc(C[C@@H]2C[C@H](NC(=O)Nc3ccccc3)C2(C)C)no1. The lowest BCUT2D eigenvalue weighted by Crippen LogP contribution is -2.59. The molecule has 1 saturated carbocycles. The quantitative estimate of drug-likeness (QED) is 0.831. The van der Waals surface area contributed by atoms with Gasteiger partial charge < -0.3 is 20.1 Å². The Morgan fingerprint density at radius 2 is 2.04 bits per heavy atom. The average Bonchev–Trinajstić information content (AvgIpc) is 3.01. The number of anilines is 1. The Balaban J connectivity index is 1.51. The van der Waals surface area contributed by atoms with Crippen LogP contribution in [0.4, 0.5) is 10.5 Å². The monoisotopic (exact) mass is 356 g/mol. The summed E-state index contributed by atoms with van der Waals surface area (Å²) in [5.41, 5.74) is 1.82. The van der Waals surface area contributed by atoms with Crippen molar-refractivity contribution in [2.24, 2.45) is 11.3 Å². The molecule has 0 spiro atoms. The number of nitrogens with one attached hydrogen (secondary N) is 2. The topological polar surface area (TPSA) is 70.4 Å². The fourth-order valence-electron chi connectivity index (χ4n) is 3.54. The van der Waals surface area contributed by atoms with Crippen LogP contribution in [0.1, 0.15) is 31.7 Å². The van der Waals surface area contributed by atoms with E-state index in [4.69, 9.17) is 4.52 Å². The number of amides is 2. The zero-order chi connectivity index (χ0) is 18.7. The van der Waals surface area contributed by atoms with Crippen molar-refractivity contribution in [2.45, 2.75) is 39.3 Å². The number of nitrogens with zero attached hydrogens (tertiary/aromatic N) is 2. The fourth-order valence-corrected chi connectivity index (χ4v) is 3.54. The standard InChI is InChI=1S/C20H28N4O2/c1-20(2)14(10-16-12-17(26-23-16)13-24(3)4)11-18(20)22-19(25)21-15-8-6-5-7-9-15/h5-9,12,14,18H,10-11,13H2,1-4H3,(H2,21,22,25)/t14-,18+/m1/s1. The summed E-state index contributed by atoms with van der Waals surface area (Å²) in [5.74, 6) is 1.36. The third-order valence-electron chi connectivity index (χ3n) is 5.34. The minimum Gasteiger partial charge on any atom is -0.360 e. The molecule has 1 aromatic carbocycles. The number of carbonyl (C=O) groups excluding carboxylic acids is 1. The van der Waals surface area contributed by atoms with Gasteiger partial charge in [-0.1, -0.05) is 37.2 Å². The van der Waals surface area contributed by atoms with E-state index < -0.39 is 0 Å². The highest BCUT2D eigenvalue weighted by atomic mass is 16.5. The summed E-state index contributed by atoms with van der Waals surface area (Å²) < 4.78 is 5.40. The van der Waals surface area contributed by atoms with Crippen LogP contribution in [0.15, 0.2) is 40.9 Å². The fraction of sp³-hybridized carbons (Fsp3) is 0.500. The van der Waals surface area contributed by atoms with Crippen molar-refractivity contribution in [3.63, 3.8) is 0 Å². The van der Waals surface area contributed by atoms with Crippen molar-refractivity contribution < 1.29 is 9.32 Å². The Hall–Kier alpha value is -2.34. The maximum Gasteiger partial charge on any atom is 0.319 e. The smallest absolute Gasteiger partial charge is 0.319 e. The molecule has 3 rings (SSSR count). The zero-order valence-corrected chi connectivity index (χ0v) is 16.0.